The van der Waals surface area contributed by atoms with Crippen molar-refractivity contribution in [1.82, 2.24) is 19.7 Å². The molecule has 3 aromatic rings. The lowest BCUT2D eigenvalue weighted by molar-refractivity contribution is 0.434. The molecule has 0 unspecified atom stereocenters. The van der Waals surface area contributed by atoms with Gasteiger partial charge < -0.3 is 10.2 Å². The number of aromatic nitrogens is 4. The molecule has 1 aliphatic heterocycles. The lowest BCUT2D eigenvalue weighted by atomic mass is 10.00. The van der Waals surface area contributed by atoms with Crippen LogP contribution in [-0.2, 0) is 7.05 Å². The number of aryl methyl sites for hydroxylation is 1. The largest absolute Gasteiger partial charge is 0.341 e. The molecule has 0 radical (unpaired) electrons. The molecule has 0 atom stereocenters. The summed E-state index contributed by atoms with van der Waals surface area (Å²) in [6, 6.07) is 6.25. The summed E-state index contributed by atoms with van der Waals surface area (Å²) >= 11 is 0. The first kappa shape index (κ1) is 15.8. The van der Waals surface area contributed by atoms with E-state index < -0.39 is 0 Å². The maximum atomic E-state index is 13.1. The first-order chi connectivity index (χ1) is 12.1. The third-order valence-electron chi connectivity index (χ3n) is 4.75. The van der Waals surface area contributed by atoms with Crippen molar-refractivity contribution in [2.75, 3.05) is 23.3 Å². The number of fused-ring (bicyclic) bond motifs is 1. The molecule has 3 heterocycles. The third-order valence-corrected chi connectivity index (χ3v) is 4.75. The van der Waals surface area contributed by atoms with E-state index in [0.29, 0.717) is 11.8 Å². The summed E-state index contributed by atoms with van der Waals surface area (Å²) in [5.41, 5.74) is 1.57. The summed E-state index contributed by atoms with van der Waals surface area (Å²) in [4.78, 5) is 11.7. The van der Waals surface area contributed by atoms with Crippen molar-refractivity contribution in [2.45, 2.75) is 19.8 Å². The van der Waals surface area contributed by atoms with Gasteiger partial charge in [-0.15, -0.1) is 0 Å². The van der Waals surface area contributed by atoms with Crippen LogP contribution in [0.4, 0.5) is 21.8 Å². The maximum Gasteiger partial charge on any atom is 0.229 e. The van der Waals surface area contributed by atoms with Crippen LogP contribution in [0, 0.1) is 11.7 Å². The Labute approximate surface area is 145 Å². The molecule has 0 spiro atoms. The summed E-state index contributed by atoms with van der Waals surface area (Å²) in [6.45, 7) is 4.20. The van der Waals surface area contributed by atoms with Crippen LogP contribution >= 0.6 is 0 Å². The number of piperidine rings is 1. The van der Waals surface area contributed by atoms with Gasteiger partial charge in [0.05, 0.1) is 11.6 Å². The molecule has 1 aromatic carbocycles. The summed E-state index contributed by atoms with van der Waals surface area (Å²) in [6.07, 6.45) is 4.05. The number of rotatable bonds is 3. The minimum absolute atomic E-state index is 0.261. The number of anilines is 3. The predicted molar refractivity (Wildman–Crippen MR) is 96.6 cm³/mol. The Bertz CT molecular complexity index is 880. The fraction of sp³-hybridized carbons (Fsp3) is 0.389. The molecule has 7 heteroatoms. The molecule has 130 valence electrons. The molecule has 6 nitrogen and oxygen atoms in total. The molecular weight excluding hydrogens is 319 g/mol. The van der Waals surface area contributed by atoms with Crippen molar-refractivity contribution >= 4 is 28.5 Å². The van der Waals surface area contributed by atoms with E-state index in [9.17, 15) is 4.39 Å². The van der Waals surface area contributed by atoms with Gasteiger partial charge in [-0.25, -0.2) is 4.39 Å². The zero-order valence-corrected chi connectivity index (χ0v) is 14.4. The molecule has 1 aliphatic rings. The van der Waals surface area contributed by atoms with Gasteiger partial charge in [0.25, 0.3) is 0 Å². The summed E-state index contributed by atoms with van der Waals surface area (Å²) in [5, 5.41) is 8.43. The van der Waals surface area contributed by atoms with Crippen molar-refractivity contribution in [3.05, 3.63) is 36.3 Å². The molecule has 1 N–H and O–H groups in total. The van der Waals surface area contributed by atoms with Crippen LogP contribution in [0.1, 0.15) is 19.8 Å². The smallest absolute Gasteiger partial charge is 0.229 e. The normalized spacial score (nSPS) is 15.7. The van der Waals surface area contributed by atoms with Crippen LogP contribution in [0.15, 0.2) is 30.5 Å². The second-order valence-electron chi connectivity index (χ2n) is 6.68. The van der Waals surface area contributed by atoms with E-state index >= 15 is 0 Å². The number of nitrogens with zero attached hydrogens (tertiary/aromatic N) is 5. The molecule has 0 bridgehead atoms. The first-order valence-electron chi connectivity index (χ1n) is 8.57. The van der Waals surface area contributed by atoms with Gasteiger partial charge in [-0.3, -0.25) is 4.68 Å². The minimum Gasteiger partial charge on any atom is -0.341 e. The highest BCUT2D eigenvalue weighted by Crippen LogP contribution is 2.28. The van der Waals surface area contributed by atoms with Crippen molar-refractivity contribution in [3.63, 3.8) is 0 Å². The van der Waals surface area contributed by atoms with E-state index in [-0.39, 0.29) is 5.82 Å². The lowest BCUT2D eigenvalue weighted by Gasteiger charge is -2.30. The van der Waals surface area contributed by atoms with Gasteiger partial charge in [-0.05, 0) is 43.0 Å². The quantitative estimate of drug-likeness (QED) is 0.791. The highest BCUT2D eigenvalue weighted by atomic mass is 19.1. The molecule has 4 rings (SSSR count). The van der Waals surface area contributed by atoms with E-state index in [1.165, 1.54) is 12.1 Å². The average Bonchev–Trinajstić information content (AvgIpc) is 2.99. The number of hydrogen-bond acceptors (Lipinski definition) is 5. The van der Waals surface area contributed by atoms with Crippen molar-refractivity contribution in [3.8, 4) is 0 Å². The fourth-order valence-electron chi connectivity index (χ4n) is 3.13. The van der Waals surface area contributed by atoms with Crippen molar-refractivity contribution in [1.29, 1.82) is 0 Å². The van der Waals surface area contributed by atoms with Gasteiger partial charge in [0.15, 0.2) is 5.65 Å². The molecular formula is C18H21FN6. The highest BCUT2D eigenvalue weighted by Gasteiger charge is 2.20. The number of nitrogens with one attached hydrogen (secondary N) is 1. The number of benzene rings is 1. The molecule has 0 aliphatic carbocycles. The van der Waals surface area contributed by atoms with Crippen LogP contribution in [0.2, 0.25) is 0 Å². The fourth-order valence-corrected chi connectivity index (χ4v) is 3.13. The summed E-state index contributed by atoms with van der Waals surface area (Å²) in [7, 11) is 1.87. The molecule has 1 fully saturated rings. The van der Waals surface area contributed by atoms with E-state index in [1.807, 2.05) is 7.05 Å². The van der Waals surface area contributed by atoms with E-state index in [0.717, 1.165) is 48.6 Å². The Morgan fingerprint density at radius 1 is 1.12 bits per heavy atom. The molecule has 0 amide bonds. The zero-order chi connectivity index (χ0) is 17.4. The highest BCUT2D eigenvalue weighted by molar-refractivity contribution is 5.89. The van der Waals surface area contributed by atoms with E-state index in [2.05, 4.69) is 22.2 Å². The number of hydrogen-bond donors (Lipinski definition) is 1. The zero-order valence-electron chi connectivity index (χ0n) is 14.4. The van der Waals surface area contributed by atoms with Crippen molar-refractivity contribution in [2.24, 2.45) is 13.0 Å². The second-order valence-corrected chi connectivity index (χ2v) is 6.68. The third kappa shape index (κ3) is 3.14. The van der Waals surface area contributed by atoms with Crippen LogP contribution < -0.4 is 10.2 Å². The van der Waals surface area contributed by atoms with Gasteiger partial charge in [0.1, 0.15) is 11.6 Å². The standard InChI is InChI=1S/C18H21FN6/c1-12-7-9-25(10-8-12)18-22-16(15-11-20-24(2)17(15)23-18)21-14-5-3-13(19)4-6-14/h3-6,11-12H,7-10H2,1-2H3,(H,21,22,23). The van der Waals surface area contributed by atoms with Crippen LogP contribution in [0.25, 0.3) is 11.0 Å². The lowest BCUT2D eigenvalue weighted by Crippen LogP contribution is -2.34. The first-order valence-corrected chi connectivity index (χ1v) is 8.57. The molecule has 0 saturated carbocycles. The molecule has 2 aromatic heterocycles. The van der Waals surface area contributed by atoms with Crippen LogP contribution in [0.3, 0.4) is 0 Å². The molecule has 1 saturated heterocycles. The second kappa shape index (κ2) is 6.31. The minimum atomic E-state index is -0.261. The monoisotopic (exact) mass is 340 g/mol. The van der Waals surface area contributed by atoms with Crippen LogP contribution in [-0.4, -0.2) is 32.8 Å². The van der Waals surface area contributed by atoms with E-state index in [1.54, 1.807) is 23.0 Å². The maximum absolute atomic E-state index is 13.1. The van der Waals surface area contributed by atoms with Gasteiger partial charge in [-0.1, -0.05) is 6.92 Å². The summed E-state index contributed by atoms with van der Waals surface area (Å²) in [5.74, 6) is 1.89. The van der Waals surface area contributed by atoms with Gasteiger partial charge in [0.2, 0.25) is 5.95 Å². The average molecular weight is 340 g/mol. The Hall–Kier alpha value is -2.70. The SMILES string of the molecule is CC1CCN(c2nc(Nc3ccc(F)cc3)c3cnn(C)c3n2)CC1. The van der Waals surface area contributed by atoms with Gasteiger partial charge in [0, 0.05) is 25.8 Å². The van der Waals surface area contributed by atoms with Gasteiger partial charge in [-0.2, -0.15) is 15.1 Å². The van der Waals surface area contributed by atoms with Gasteiger partial charge >= 0.3 is 0 Å². The van der Waals surface area contributed by atoms with E-state index in [4.69, 9.17) is 9.97 Å². The number of halogens is 1. The molecule has 25 heavy (non-hydrogen) atoms. The Kier molecular flexibility index (Phi) is 3.99. The Morgan fingerprint density at radius 3 is 2.56 bits per heavy atom. The van der Waals surface area contributed by atoms with Crippen LogP contribution in [0.5, 0.6) is 0 Å². The Balaban J connectivity index is 1.72. The topological polar surface area (TPSA) is 58.9 Å². The Morgan fingerprint density at radius 2 is 1.84 bits per heavy atom. The predicted octanol–water partition coefficient (Wildman–Crippen LogP) is 3.48. The summed E-state index contributed by atoms with van der Waals surface area (Å²) < 4.78 is 14.9. The van der Waals surface area contributed by atoms with Crippen molar-refractivity contribution < 1.29 is 4.39 Å².